The number of fused-ring (bicyclic) bond motifs is 1. The van der Waals surface area contributed by atoms with Gasteiger partial charge in [0.1, 0.15) is 5.75 Å². The number of hydrogen-bond donors (Lipinski definition) is 2. The van der Waals surface area contributed by atoms with E-state index in [1.54, 1.807) is 0 Å². The highest BCUT2D eigenvalue weighted by Gasteiger charge is 2.58. The second-order valence-electron chi connectivity index (χ2n) is 7.62. The highest BCUT2D eigenvalue weighted by Crippen LogP contribution is 2.70. The topological polar surface area (TPSA) is 54.6 Å². The van der Waals surface area contributed by atoms with Crippen LogP contribution < -0.4 is 4.74 Å². The highest BCUT2D eigenvalue weighted by atomic mass is 19.3. The largest absolute Gasteiger partial charge is 0.494 e. The van der Waals surface area contributed by atoms with E-state index in [1.165, 1.54) is 16.7 Å². The van der Waals surface area contributed by atoms with Crippen molar-refractivity contribution in [1.29, 1.82) is 0 Å². The van der Waals surface area contributed by atoms with Gasteiger partial charge in [0.2, 0.25) is 11.8 Å². The Morgan fingerprint density at radius 2 is 1.48 bits per heavy atom. The summed E-state index contributed by atoms with van der Waals surface area (Å²) >= 11 is 0. The maximum atomic E-state index is 13.0. The van der Waals surface area contributed by atoms with Gasteiger partial charge in [-0.15, -0.1) is 0 Å². The number of hydrogen-bond acceptors (Lipinski definition) is 3. The quantitative estimate of drug-likeness (QED) is 0.750. The molecule has 27 heavy (non-hydrogen) atoms. The number of aromatic hydroxyl groups is 2. The lowest BCUT2D eigenvalue weighted by atomic mass is 9.68. The van der Waals surface area contributed by atoms with Gasteiger partial charge in [-0.05, 0) is 67.2 Å². The van der Waals surface area contributed by atoms with Gasteiger partial charge in [0.25, 0.3) is 0 Å². The van der Waals surface area contributed by atoms with Crippen molar-refractivity contribution in [3.63, 3.8) is 0 Å². The second kappa shape index (κ2) is 5.33. The van der Waals surface area contributed by atoms with Gasteiger partial charge in [-0.3, -0.25) is 4.57 Å². The maximum absolute atomic E-state index is 13.0. The zero-order chi connectivity index (χ0) is 19.1. The van der Waals surface area contributed by atoms with Crippen LogP contribution in [0, 0.1) is 11.8 Å². The molecule has 1 aromatic heterocycles. The van der Waals surface area contributed by atoms with E-state index in [4.69, 9.17) is 0 Å². The number of halogens is 4. The summed E-state index contributed by atoms with van der Waals surface area (Å²) in [5, 5.41) is 21.5. The summed E-state index contributed by atoms with van der Waals surface area (Å²) in [6.07, 6.45) is -5.41. The SMILES string of the molecule is Oc1c2c(c(O)n1-c1ccc(OC(F)(F)C(F)F)cc1)[C@@H]1CC[C@@H]2C2C[C@H]21. The second-order valence-corrected chi connectivity index (χ2v) is 7.62. The molecule has 1 aromatic carbocycles. The van der Waals surface area contributed by atoms with Crippen molar-refractivity contribution < 1.29 is 32.5 Å². The van der Waals surface area contributed by atoms with Crippen LogP contribution in [0.1, 0.15) is 42.2 Å². The molecule has 4 nitrogen and oxygen atoms in total. The fraction of sp³-hybridized carbons (Fsp3) is 0.474. The average molecular weight is 383 g/mol. The van der Waals surface area contributed by atoms with E-state index in [1.807, 2.05) is 0 Å². The third kappa shape index (κ3) is 2.28. The molecular formula is C19H17F4NO3. The van der Waals surface area contributed by atoms with Crippen LogP contribution in [-0.2, 0) is 0 Å². The standard InChI is InChI=1S/C19H17F4NO3/c20-18(21)19(22,23)27-9-3-1-8(2-4-9)24-16(25)14-10-5-6-11(13-7-12(10)13)15(14)17(24)26/h1-4,10-13,18,25-26H,5-7H2/t10-,11-,12+,13?/m1/s1. The molecule has 2 saturated carbocycles. The van der Waals surface area contributed by atoms with Crippen LogP contribution >= 0.6 is 0 Å². The molecule has 2 fully saturated rings. The van der Waals surface area contributed by atoms with E-state index in [2.05, 4.69) is 4.74 Å². The first kappa shape index (κ1) is 16.8. The number of alkyl halides is 4. The molecule has 0 radical (unpaired) electrons. The molecule has 2 aromatic rings. The summed E-state index contributed by atoms with van der Waals surface area (Å²) in [5.74, 6) is 1.14. The first-order valence-corrected chi connectivity index (χ1v) is 8.91. The Morgan fingerprint density at radius 3 is 1.96 bits per heavy atom. The summed E-state index contributed by atoms with van der Waals surface area (Å²) < 4.78 is 55.9. The van der Waals surface area contributed by atoms with Gasteiger partial charge in [0.05, 0.1) is 5.69 Å². The predicted molar refractivity (Wildman–Crippen MR) is 87.0 cm³/mol. The highest BCUT2D eigenvalue weighted by molar-refractivity contribution is 5.59. The van der Waals surface area contributed by atoms with Crippen LogP contribution in [0.5, 0.6) is 17.5 Å². The lowest BCUT2D eigenvalue weighted by Crippen LogP contribution is -2.33. The van der Waals surface area contributed by atoms with Gasteiger partial charge in [-0.2, -0.15) is 17.6 Å². The fourth-order valence-electron chi connectivity index (χ4n) is 5.09. The van der Waals surface area contributed by atoms with Crippen molar-refractivity contribution in [3.05, 3.63) is 35.4 Å². The maximum Gasteiger partial charge on any atom is 0.461 e. The van der Waals surface area contributed by atoms with Gasteiger partial charge in [0.15, 0.2) is 0 Å². The monoisotopic (exact) mass is 383 g/mol. The number of nitrogens with zero attached hydrogens (tertiary/aromatic N) is 1. The molecule has 0 aliphatic heterocycles. The summed E-state index contributed by atoms with van der Waals surface area (Å²) in [7, 11) is 0. The smallest absolute Gasteiger partial charge is 0.461 e. The molecule has 0 saturated heterocycles. The Bertz CT molecular complexity index is 869. The first-order chi connectivity index (χ1) is 12.8. The minimum absolute atomic E-state index is 0.0332. The minimum atomic E-state index is -4.58. The third-order valence-corrected chi connectivity index (χ3v) is 6.25. The zero-order valence-corrected chi connectivity index (χ0v) is 14.1. The van der Waals surface area contributed by atoms with Crippen LogP contribution in [0.3, 0.4) is 0 Å². The fourth-order valence-corrected chi connectivity index (χ4v) is 5.09. The molecule has 6 rings (SSSR count). The Morgan fingerprint density at radius 1 is 0.963 bits per heavy atom. The molecule has 4 aliphatic carbocycles. The molecule has 144 valence electrons. The van der Waals surface area contributed by atoms with Crippen LogP contribution in [0.2, 0.25) is 0 Å². The lowest BCUT2D eigenvalue weighted by Gasteiger charge is -2.35. The number of rotatable bonds is 4. The average Bonchev–Trinajstić information content (AvgIpc) is 3.40. The molecule has 2 bridgehead atoms. The molecule has 4 atom stereocenters. The van der Waals surface area contributed by atoms with Gasteiger partial charge in [-0.25, -0.2) is 0 Å². The molecular weight excluding hydrogens is 366 g/mol. The molecule has 0 spiro atoms. The van der Waals surface area contributed by atoms with Crippen LogP contribution in [0.4, 0.5) is 17.6 Å². The van der Waals surface area contributed by atoms with E-state index in [0.717, 1.165) is 42.5 Å². The molecule has 1 heterocycles. The van der Waals surface area contributed by atoms with E-state index < -0.39 is 18.3 Å². The predicted octanol–water partition coefficient (Wildman–Crippen LogP) is 4.74. The summed E-state index contributed by atoms with van der Waals surface area (Å²) in [4.78, 5) is 0. The van der Waals surface area contributed by atoms with Crippen molar-refractivity contribution in [2.45, 2.75) is 43.6 Å². The number of ether oxygens (including phenoxy) is 1. The number of benzene rings is 1. The molecule has 0 amide bonds. The number of aromatic nitrogens is 1. The molecule has 4 aliphatic rings. The minimum Gasteiger partial charge on any atom is -0.494 e. The molecule has 1 unspecified atom stereocenters. The zero-order valence-electron chi connectivity index (χ0n) is 14.1. The Hall–Kier alpha value is -2.38. The normalized spacial score (nSPS) is 28.2. The Kier molecular flexibility index (Phi) is 3.31. The van der Waals surface area contributed by atoms with E-state index >= 15 is 0 Å². The van der Waals surface area contributed by atoms with Crippen LogP contribution in [-0.4, -0.2) is 27.3 Å². The van der Waals surface area contributed by atoms with Crippen molar-refractivity contribution in [1.82, 2.24) is 4.57 Å². The summed E-state index contributed by atoms with van der Waals surface area (Å²) in [6, 6.07) is 4.89. The van der Waals surface area contributed by atoms with E-state index in [-0.39, 0.29) is 23.6 Å². The third-order valence-electron chi connectivity index (χ3n) is 6.25. The summed E-state index contributed by atoms with van der Waals surface area (Å²) in [5.41, 5.74) is 1.94. The molecule has 8 heteroatoms. The van der Waals surface area contributed by atoms with Gasteiger partial charge in [-0.1, -0.05) is 0 Å². The van der Waals surface area contributed by atoms with Crippen LogP contribution in [0.15, 0.2) is 24.3 Å². The van der Waals surface area contributed by atoms with E-state index in [9.17, 15) is 27.8 Å². The molecule has 2 N–H and O–H groups in total. The first-order valence-electron chi connectivity index (χ1n) is 8.91. The lowest BCUT2D eigenvalue weighted by molar-refractivity contribution is -0.253. The van der Waals surface area contributed by atoms with Crippen molar-refractivity contribution >= 4 is 0 Å². The van der Waals surface area contributed by atoms with Gasteiger partial charge >= 0.3 is 12.5 Å². The van der Waals surface area contributed by atoms with Gasteiger partial charge < -0.3 is 14.9 Å². The van der Waals surface area contributed by atoms with E-state index in [0.29, 0.717) is 17.5 Å². The summed E-state index contributed by atoms with van der Waals surface area (Å²) in [6.45, 7) is 0. The van der Waals surface area contributed by atoms with Crippen LogP contribution in [0.25, 0.3) is 5.69 Å². The van der Waals surface area contributed by atoms with Crippen molar-refractivity contribution in [3.8, 4) is 23.2 Å². The Labute approximate surface area is 152 Å². The van der Waals surface area contributed by atoms with Crippen molar-refractivity contribution in [2.75, 3.05) is 0 Å². The van der Waals surface area contributed by atoms with Gasteiger partial charge in [0, 0.05) is 11.1 Å². The van der Waals surface area contributed by atoms with Crippen molar-refractivity contribution in [2.24, 2.45) is 11.8 Å². The Balaban J connectivity index is 1.50.